The molecule has 0 fully saturated rings. The third kappa shape index (κ3) is 2.59. The number of nitrogens with zero attached hydrogens (tertiary/aromatic N) is 3. The predicted octanol–water partition coefficient (Wildman–Crippen LogP) is 2.33. The number of nitrogen functional groups attached to an aromatic ring is 1. The zero-order valence-corrected chi connectivity index (χ0v) is 10.5. The molecule has 0 aliphatic carbocycles. The molecule has 0 aromatic carbocycles. The molecule has 7 nitrogen and oxygen atoms in total. The number of oxazole rings is 1. The van der Waals surface area contributed by atoms with Crippen molar-refractivity contribution in [1.82, 2.24) is 9.97 Å². The minimum atomic E-state index is -0.520. The number of aryl methyl sites for hydroxylation is 2. The van der Waals surface area contributed by atoms with Crippen LogP contribution in [-0.2, 0) is 0 Å². The third-order valence-corrected chi connectivity index (χ3v) is 2.99. The molecule has 2 aromatic rings. The van der Waals surface area contributed by atoms with E-state index in [-0.39, 0.29) is 11.5 Å². The zero-order chi connectivity index (χ0) is 13.3. The van der Waals surface area contributed by atoms with Crippen molar-refractivity contribution in [2.24, 2.45) is 0 Å². The highest BCUT2D eigenvalue weighted by Crippen LogP contribution is 2.30. The molecule has 0 atom stereocenters. The Hall–Kier alpha value is -2.09. The van der Waals surface area contributed by atoms with Gasteiger partial charge in [-0.1, -0.05) is 0 Å². The van der Waals surface area contributed by atoms with Crippen LogP contribution in [-0.4, -0.2) is 14.9 Å². The lowest BCUT2D eigenvalue weighted by molar-refractivity contribution is -0.385. The molecule has 2 N–H and O–H groups in total. The summed E-state index contributed by atoms with van der Waals surface area (Å²) in [7, 11) is 0. The van der Waals surface area contributed by atoms with Crippen molar-refractivity contribution < 1.29 is 9.34 Å². The number of hydrogen-bond acceptors (Lipinski definition) is 7. The Kier molecular flexibility index (Phi) is 3.19. The van der Waals surface area contributed by atoms with Gasteiger partial charge in [-0.15, -0.1) is 0 Å². The Morgan fingerprint density at radius 2 is 2.11 bits per heavy atom. The first-order valence-electron chi connectivity index (χ1n) is 4.99. The first kappa shape index (κ1) is 12.4. The van der Waals surface area contributed by atoms with Gasteiger partial charge in [0.05, 0.1) is 16.7 Å². The fourth-order valence-electron chi connectivity index (χ4n) is 1.25. The molecule has 2 heterocycles. The molecule has 0 saturated carbocycles. The van der Waals surface area contributed by atoms with Crippen molar-refractivity contribution >= 4 is 23.3 Å². The number of aromatic nitrogens is 2. The van der Waals surface area contributed by atoms with Gasteiger partial charge in [0, 0.05) is 6.07 Å². The molecule has 0 unspecified atom stereocenters. The Morgan fingerprint density at radius 3 is 2.67 bits per heavy atom. The number of nitrogens with two attached hydrogens (primary N) is 1. The van der Waals surface area contributed by atoms with Gasteiger partial charge in [-0.2, -0.15) is 0 Å². The van der Waals surface area contributed by atoms with E-state index in [0.717, 1.165) is 17.5 Å². The van der Waals surface area contributed by atoms with Crippen LogP contribution in [0.1, 0.15) is 11.5 Å². The minimum absolute atomic E-state index is 0.0895. The molecule has 0 aliphatic heterocycles. The van der Waals surface area contributed by atoms with Gasteiger partial charge in [-0.25, -0.2) is 9.97 Å². The molecule has 2 aromatic heterocycles. The van der Waals surface area contributed by atoms with Crippen LogP contribution in [0.4, 0.5) is 11.5 Å². The van der Waals surface area contributed by atoms with E-state index in [1.165, 1.54) is 12.1 Å². The van der Waals surface area contributed by atoms with Gasteiger partial charge in [0.1, 0.15) is 16.6 Å². The highest BCUT2D eigenvalue weighted by Gasteiger charge is 2.13. The van der Waals surface area contributed by atoms with E-state index in [1.54, 1.807) is 6.92 Å². The van der Waals surface area contributed by atoms with Gasteiger partial charge < -0.3 is 10.2 Å². The Bertz CT molecular complexity index is 592. The van der Waals surface area contributed by atoms with Crippen molar-refractivity contribution in [3.63, 3.8) is 0 Å². The van der Waals surface area contributed by atoms with E-state index in [4.69, 9.17) is 10.2 Å². The number of rotatable bonds is 3. The van der Waals surface area contributed by atoms with Gasteiger partial charge in [-0.3, -0.25) is 10.1 Å². The van der Waals surface area contributed by atoms with Crippen LogP contribution < -0.4 is 5.73 Å². The number of nitro groups is 1. The van der Waals surface area contributed by atoms with Crippen LogP contribution in [0, 0.1) is 24.0 Å². The molecule has 0 bridgehead atoms. The molecule has 18 heavy (non-hydrogen) atoms. The van der Waals surface area contributed by atoms with Crippen molar-refractivity contribution in [3.8, 4) is 0 Å². The average molecular weight is 266 g/mol. The van der Waals surface area contributed by atoms with Gasteiger partial charge in [0.15, 0.2) is 0 Å². The second-order valence-corrected chi connectivity index (χ2v) is 4.54. The second-order valence-electron chi connectivity index (χ2n) is 3.57. The summed E-state index contributed by atoms with van der Waals surface area (Å²) in [4.78, 5) is 18.3. The minimum Gasteiger partial charge on any atom is -0.436 e. The summed E-state index contributed by atoms with van der Waals surface area (Å²) in [6, 6.07) is 2.53. The fraction of sp³-hybridized carbons (Fsp3) is 0.200. The third-order valence-electron chi connectivity index (χ3n) is 2.22. The van der Waals surface area contributed by atoms with Crippen LogP contribution in [0.25, 0.3) is 0 Å². The van der Waals surface area contributed by atoms with Crippen molar-refractivity contribution in [1.29, 1.82) is 0 Å². The summed E-state index contributed by atoms with van der Waals surface area (Å²) in [5, 5.41) is 11.5. The van der Waals surface area contributed by atoms with E-state index in [2.05, 4.69) is 9.97 Å². The predicted molar refractivity (Wildman–Crippen MR) is 65.4 cm³/mol. The van der Waals surface area contributed by atoms with Crippen LogP contribution in [0.15, 0.2) is 26.8 Å². The first-order chi connectivity index (χ1) is 8.45. The fourth-order valence-corrected chi connectivity index (χ4v) is 2.10. The van der Waals surface area contributed by atoms with Gasteiger partial charge in [0.25, 0.3) is 10.9 Å². The summed E-state index contributed by atoms with van der Waals surface area (Å²) >= 11 is 1.09. The summed E-state index contributed by atoms with van der Waals surface area (Å²) < 4.78 is 5.36. The summed E-state index contributed by atoms with van der Waals surface area (Å²) in [5.74, 6) is 0.794. The normalized spacial score (nSPS) is 10.6. The lowest BCUT2D eigenvalue weighted by Gasteiger charge is -1.98. The maximum atomic E-state index is 10.7. The second kappa shape index (κ2) is 4.65. The van der Waals surface area contributed by atoms with E-state index in [9.17, 15) is 10.1 Å². The van der Waals surface area contributed by atoms with E-state index in [1.807, 2.05) is 6.92 Å². The lowest BCUT2D eigenvalue weighted by atomic mass is 10.4. The summed E-state index contributed by atoms with van der Waals surface area (Å²) in [6.45, 7) is 3.61. The van der Waals surface area contributed by atoms with Gasteiger partial charge in [0.2, 0.25) is 0 Å². The van der Waals surface area contributed by atoms with Crippen molar-refractivity contribution in [2.75, 3.05) is 5.73 Å². The highest BCUT2D eigenvalue weighted by molar-refractivity contribution is 7.99. The van der Waals surface area contributed by atoms with Crippen LogP contribution >= 0.6 is 11.8 Å². The molecule has 0 saturated heterocycles. The largest absolute Gasteiger partial charge is 0.436 e. The monoisotopic (exact) mass is 266 g/mol. The van der Waals surface area contributed by atoms with Crippen LogP contribution in [0.3, 0.4) is 0 Å². The summed E-state index contributed by atoms with van der Waals surface area (Å²) in [5.41, 5.74) is 6.17. The Labute approximate surface area is 107 Å². The van der Waals surface area contributed by atoms with Crippen molar-refractivity contribution in [2.45, 2.75) is 24.1 Å². The Morgan fingerprint density at radius 1 is 1.39 bits per heavy atom. The lowest BCUT2D eigenvalue weighted by Crippen LogP contribution is -1.95. The molecule has 94 valence electrons. The zero-order valence-electron chi connectivity index (χ0n) is 9.71. The number of pyridine rings is 1. The van der Waals surface area contributed by atoms with E-state index >= 15 is 0 Å². The molecular weight excluding hydrogens is 256 g/mol. The highest BCUT2D eigenvalue weighted by atomic mass is 32.2. The Balaban J connectivity index is 2.31. The number of hydrogen-bond donors (Lipinski definition) is 1. The summed E-state index contributed by atoms with van der Waals surface area (Å²) in [6.07, 6.45) is 0. The maximum absolute atomic E-state index is 10.7. The molecule has 2 rings (SSSR count). The first-order valence-corrected chi connectivity index (χ1v) is 5.81. The maximum Gasteiger partial charge on any atom is 0.275 e. The van der Waals surface area contributed by atoms with E-state index in [0.29, 0.717) is 16.0 Å². The van der Waals surface area contributed by atoms with Crippen LogP contribution in [0.5, 0.6) is 0 Å². The van der Waals surface area contributed by atoms with Gasteiger partial charge >= 0.3 is 0 Å². The molecule has 0 aliphatic rings. The molecule has 0 amide bonds. The molecule has 8 heteroatoms. The topological polar surface area (TPSA) is 108 Å². The van der Waals surface area contributed by atoms with Crippen molar-refractivity contribution in [3.05, 3.63) is 33.7 Å². The molecule has 0 radical (unpaired) electrons. The smallest absolute Gasteiger partial charge is 0.275 e. The van der Waals surface area contributed by atoms with E-state index < -0.39 is 4.92 Å². The molecule has 0 spiro atoms. The quantitative estimate of drug-likeness (QED) is 0.670. The molecular formula is C10H10N4O3S. The van der Waals surface area contributed by atoms with Crippen LogP contribution in [0.2, 0.25) is 0 Å². The average Bonchev–Trinajstić information content (AvgIpc) is 2.56. The standard InChI is InChI=1S/C10H10N4O3S/c1-5-6(2)17-10(12-5)18-9-4-7(14(15)16)3-8(11)13-9/h3-4H,1-2H3,(H2,11,13). The van der Waals surface area contributed by atoms with Gasteiger partial charge in [-0.05, 0) is 25.6 Å². The number of anilines is 1. The SMILES string of the molecule is Cc1nc(Sc2cc([N+](=O)[O-])cc(N)n2)oc1C.